The van der Waals surface area contributed by atoms with Gasteiger partial charge in [-0.25, -0.2) is 0 Å². The lowest BCUT2D eigenvalue weighted by molar-refractivity contribution is -0.133. The van der Waals surface area contributed by atoms with E-state index in [0.29, 0.717) is 19.1 Å². The van der Waals surface area contributed by atoms with Crippen LogP contribution in [0.2, 0.25) is 0 Å². The largest absolute Gasteiger partial charge is 0.381 e. The highest BCUT2D eigenvalue weighted by Gasteiger charge is 2.22. The molecule has 0 aromatic rings. The Labute approximate surface area is 111 Å². The minimum Gasteiger partial charge on any atom is -0.381 e. The van der Waals surface area contributed by atoms with Crippen molar-refractivity contribution in [3.05, 3.63) is 0 Å². The normalized spacial score (nSPS) is 20.1. The van der Waals surface area contributed by atoms with E-state index in [1.165, 1.54) is 6.42 Å². The van der Waals surface area contributed by atoms with Gasteiger partial charge in [-0.15, -0.1) is 0 Å². The fourth-order valence-corrected chi connectivity index (χ4v) is 2.28. The Morgan fingerprint density at radius 3 is 2.89 bits per heavy atom. The van der Waals surface area contributed by atoms with Crippen LogP contribution in [0, 0.1) is 0 Å². The van der Waals surface area contributed by atoms with Gasteiger partial charge in [-0.1, -0.05) is 13.8 Å². The second-order valence-corrected chi connectivity index (χ2v) is 5.00. The average molecular weight is 256 g/mol. The lowest BCUT2D eigenvalue weighted by Crippen LogP contribution is -2.48. The van der Waals surface area contributed by atoms with Crippen molar-refractivity contribution in [3.63, 3.8) is 0 Å². The van der Waals surface area contributed by atoms with Crippen molar-refractivity contribution in [2.45, 2.75) is 52.0 Å². The van der Waals surface area contributed by atoms with Crippen LogP contribution >= 0.6 is 0 Å². The molecule has 1 heterocycles. The first-order chi connectivity index (χ1) is 8.77. The van der Waals surface area contributed by atoms with E-state index in [2.05, 4.69) is 19.2 Å². The number of rotatable bonds is 8. The van der Waals surface area contributed by atoms with Crippen LogP contribution in [0.3, 0.4) is 0 Å². The quantitative estimate of drug-likeness (QED) is 0.673. The number of hydrogen-bond donors (Lipinski definition) is 1. The first-order valence-electron chi connectivity index (χ1n) is 7.36. The van der Waals surface area contributed by atoms with Crippen LogP contribution in [0.4, 0.5) is 0 Å². The molecule has 4 heteroatoms. The SMILES string of the molecule is CCCNC1CCCN(C(=O)CCOCCC)C1. The second kappa shape index (κ2) is 9.34. The number of hydrogen-bond acceptors (Lipinski definition) is 3. The van der Waals surface area contributed by atoms with Crippen molar-refractivity contribution in [2.24, 2.45) is 0 Å². The van der Waals surface area contributed by atoms with Crippen molar-refractivity contribution < 1.29 is 9.53 Å². The average Bonchev–Trinajstić information content (AvgIpc) is 2.41. The van der Waals surface area contributed by atoms with Crippen LogP contribution < -0.4 is 5.32 Å². The standard InChI is InChI=1S/C14H28N2O2/c1-3-8-15-13-6-5-9-16(12-13)14(17)7-11-18-10-4-2/h13,15H,3-12H2,1-2H3. The van der Waals surface area contributed by atoms with Crippen LogP contribution in [-0.4, -0.2) is 49.7 Å². The maximum Gasteiger partial charge on any atom is 0.224 e. The van der Waals surface area contributed by atoms with Crippen LogP contribution in [0.5, 0.6) is 0 Å². The van der Waals surface area contributed by atoms with E-state index in [4.69, 9.17) is 4.74 Å². The smallest absolute Gasteiger partial charge is 0.224 e. The number of ether oxygens (including phenoxy) is 1. The van der Waals surface area contributed by atoms with Gasteiger partial charge in [0.2, 0.25) is 5.91 Å². The minimum atomic E-state index is 0.245. The van der Waals surface area contributed by atoms with Crippen molar-refractivity contribution in [3.8, 4) is 0 Å². The van der Waals surface area contributed by atoms with Gasteiger partial charge in [0.15, 0.2) is 0 Å². The highest BCUT2D eigenvalue weighted by atomic mass is 16.5. The van der Waals surface area contributed by atoms with Gasteiger partial charge in [0.1, 0.15) is 0 Å². The summed E-state index contributed by atoms with van der Waals surface area (Å²) in [5, 5.41) is 3.51. The molecule has 0 saturated carbocycles. The van der Waals surface area contributed by atoms with Gasteiger partial charge < -0.3 is 15.0 Å². The van der Waals surface area contributed by atoms with Gasteiger partial charge in [0.25, 0.3) is 0 Å². The zero-order chi connectivity index (χ0) is 13.2. The molecule has 0 spiro atoms. The van der Waals surface area contributed by atoms with E-state index in [1.54, 1.807) is 0 Å². The monoisotopic (exact) mass is 256 g/mol. The molecular weight excluding hydrogens is 228 g/mol. The Morgan fingerprint density at radius 2 is 2.17 bits per heavy atom. The molecule has 1 N–H and O–H groups in total. The second-order valence-electron chi connectivity index (χ2n) is 5.00. The molecule has 18 heavy (non-hydrogen) atoms. The molecule has 0 aliphatic carbocycles. The van der Waals surface area contributed by atoms with E-state index in [1.807, 2.05) is 4.90 Å². The van der Waals surface area contributed by atoms with E-state index in [0.717, 1.165) is 45.5 Å². The third-order valence-electron chi connectivity index (χ3n) is 3.27. The molecule has 1 amide bonds. The summed E-state index contributed by atoms with van der Waals surface area (Å²) in [6.45, 7) is 8.40. The number of carbonyl (C=O) groups is 1. The molecular formula is C14H28N2O2. The topological polar surface area (TPSA) is 41.6 Å². The first-order valence-corrected chi connectivity index (χ1v) is 7.36. The number of nitrogens with zero attached hydrogens (tertiary/aromatic N) is 1. The number of piperidine rings is 1. The van der Waals surface area contributed by atoms with Gasteiger partial charge in [-0.2, -0.15) is 0 Å². The molecule has 1 aliphatic rings. The Morgan fingerprint density at radius 1 is 1.33 bits per heavy atom. The van der Waals surface area contributed by atoms with E-state index < -0.39 is 0 Å². The summed E-state index contributed by atoms with van der Waals surface area (Å²) in [6.07, 6.45) is 5.00. The predicted octanol–water partition coefficient (Wildman–Crippen LogP) is 1.79. The Kier molecular flexibility index (Phi) is 8.01. The molecule has 4 nitrogen and oxygen atoms in total. The van der Waals surface area contributed by atoms with Crippen molar-refractivity contribution in [1.82, 2.24) is 10.2 Å². The lowest BCUT2D eigenvalue weighted by Gasteiger charge is -2.33. The molecule has 1 unspecified atom stereocenters. The maximum absolute atomic E-state index is 12.0. The molecule has 0 radical (unpaired) electrons. The Bertz CT molecular complexity index is 234. The van der Waals surface area contributed by atoms with E-state index >= 15 is 0 Å². The minimum absolute atomic E-state index is 0.245. The summed E-state index contributed by atoms with van der Waals surface area (Å²) in [6, 6.07) is 0.485. The first kappa shape index (κ1) is 15.4. The zero-order valence-corrected chi connectivity index (χ0v) is 11.9. The van der Waals surface area contributed by atoms with E-state index in [9.17, 15) is 4.79 Å². The Balaban J connectivity index is 2.20. The molecule has 1 saturated heterocycles. The van der Waals surface area contributed by atoms with Crippen LogP contribution in [-0.2, 0) is 9.53 Å². The molecule has 1 atom stereocenters. The third-order valence-corrected chi connectivity index (χ3v) is 3.27. The van der Waals surface area contributed by atoms with Crippen LogP contribution in [0.15, 0.2) is 0 Å². The number of nitrogens with one attached hydrogen (secondary N) is 1. The number of amides is 1. The summed E-state index contributed by atoms with van der Waals surface area (Å²) >= 11 is 0. The molecule has 0 aromatic carbocycles. The van der Waals surface area contributed by atoms with Gasteiger partial charge in [0, 0.05) is 25.7 Å². The van der Waals surface area contributed by atoms with Gasteiger partial charge in [0.05, 0.1) is 13.0 Å². The predicted molar refractivity (Wildman–Crippen MR) is 73.6 cm³/mol. The molecule has 0 aromatic heterocycles. The van der Waals surface area contributed by atoms with Crippen molar-refractivity contribution >= 4 is 5.91 Å². The number of carbonyl (C=O) groups excluding carboxylic acids is 1. The van der Waals surface area contributed by atoms with Gasteiger partial charge in [-0.3, -0.25) is 4.79 Å². The summed E-state index contributed by atoms with van der Waals surface area (Å²) < 4.78 is 5.37. The number of likely N-dealkylation sites (tertiary alicyclic amines) is 1. The molecule has 1 fully saturated rings. The van der Waals surface area contributed by atoms with E-state index in [-0.39, 0.29) is 5.91 Å². The highest BCUT2D eigenvalue weighted by molar-refractivity contribution is 5.76. The Hall–Kier alpha value is -0.610. The molecule has 0 bridgehead atoms. The maximum atomic E-state index is 12.0. The van der Waals surface area contributed by atoms with Crippen molar-refractivity contribution in [2.75, 3.05) is 32.8 Å². The summed E-state index contributed by atoms with van der Waals surface area (Å²) in [7, 11) is 0. The van der Waals surface area contributed by atoms with Gasteiger partial charge in [-0.05, 0) is 32.2 Å². The fourth-order valence-electron chi connectivity index (χ4n) is 2.28. The summed E-state index contributed by atoms with van der Waals surface area (Å²) in [4.78, 5) is 14.0. The molecule has 106 valence electrons. The van der Waals surface area contributed by atoms with Crippen molar-refractivity contribution in [1.29, 1.82) is 0 Å². The van der Waals surface area contributed by atoms with Crippen LogP contribution in [0.25, 0.3) is 0 Å². The highest BCUT2D eigenvalue weighted by Crippen LogP contribution is 2.11. The third kappa shape index (κ3) is 5.83. The fraction of sp³-hybridized carbons (Fsp3) is 0.929. The zero-order valence-electron chi connectivity index (χ0n) is 11.9. The summed E-state index contributed by atoms with van der Waals surface area (Å²) in [5.74, 6) is 0.245. The summed E-state index contributed by atoms with van der Waals surface area (Å²) in [5.41, 5.74) is 0. The van der Waals surface area contributed by atoms with Gasteiger partial charge >= 0.3 is 0 Å². The molecule has 1 aliphatic heterocycles. The molecule has 1 rings (SSSR count). The lowest BCUT2D eigenvalue weighted by atomic mass is 10.1. The van der Waals surface area contributed by atoms with Crippen LogP contribution in [0.1, 0.15) is 46.0 Å².